The van der Waals surface area contributed by atoms with Crippen molar-refractivity contribution in [3.05, 3.63) is 65.6 Å². The third-order valence-electron chi connectivity index (χ3n) is 4.11. The summed E-state index contributed by atoms with van der Waals surface area (Å²) in [5, 5.41) is 1.12. The van der Waals surface area contributed by atoms with E-state index in [0.717, 1.165) is 16.5 Å². The molecule has 3 rings (SSSR count). The Bertz CT molecular complexity index is 993. The van der Waals surface area contributed by atoms with Crippen molar-refractivity contribution in [2.75, 3.05) is 6.54 Å². The summed E-state index contributed by atoms with van der Waals surface area (Å²) in [6.07, 6.45) is 2.60. The van der Waals surface area contributed by atoms with Gasteiger partial charge in [0.25, 0.3) is 0 Å². The van der Waals surface area contributed by atoms with Crippen molar-refractivity contribution in [3.8, 4) is 0 Å². The first kappa shape index (κ1) is 16.7. The van der Waals surface area contributed by atoms with E-state index in [1.807, 2.05) is 42.1 Å². The van der Waals surface area contributed by atoms with E-state index < -0.39 is 15.8 Å². The van der Waals surface area contributed by atoms with Crippen molar-refractivity contribution in [1.29, 1.82) is 0 Å². The molecule has 0 spiro atoms. The quantitative estimate of drug-likeness (QED) is 0.772. The molecule has 126 valence electrons. The van der Waals surface area contributed by atoms with Gasteiger partial charge in [-0.1, -0.05) is 18.2 Å². The van der Waals surface area contributed by atoms with Crippen LogP contribution in [0.25, 0.3) is 10.9 Å². The van der Waals surface area contributed by atoms with Crippen LogP contribution in [0.2, 0.25) is 0 Å². The van der Waals surface area contributed by atoms with Crippen LogP contribution in [0.15, 0.2) is 53.6 Å². The van der Waals surface area contributed by atoms with Gasteiger partial charge in [-0.15, -0.1) is 0 Å². The molecule has 0 atom stereocenters. The molecule has 0 unspecified atom stereocenters. The minimum atomic E-state index is -3.64. The zero-order chi connectivity index (χ0) is 17.3. The van der Waals surface area contributed by atoms with Gasteiger partial charge in [0.15, 0.2) is 0 Å². The molecular formula is C18H19FN2O2S. The fraction of sp³-hybridized carbons (Fsp3) is 0.222. The van der Waals surface area contributed by atoms with Crippen molar-refractivity contribution >= 4 is 20.9 Å². The van der Waals surface area contributed by atoms with Crippen LogP contribution in [0, 0.1) is 12.7 Å². The molecule has 0 saturated carbocycles. The number of fused-ring (bicyclic) bond motifs is 1. The molecule has 4 nitrogen and oxygen atoms in total. The number of hydrogen-bond donors (Lipinski definition) is 1. The summed E-state index contributed by atoms with van der Waals surface area (Å²) in [5.41, 5.74) is 2.52. The van der Waals surface area contributed by atoms with Gasteiger partial charge < -0.3 is 4.57 Å². The Morgan fingerprint density at radius 2 is 1.92 bits per heavy atom. The molecule has 1 heterocycles. The normalized spacial score (nSPS) is 12.0. The lowest BCUT2D eigenvalue weighted by Gasteiger charge is -2.07. The average molecular weight is 346 g/mol. The summed E-state index contributed by atoms with van der Waals surface area (Å²) in [6.45, 7) is 1.83. The van der Waals surface area contributed by atoms with Crippen LogP contribution in [-0.4, -0.2) is 19.5 Å². The van der Waals surface area contributed by atoms with Crippen molar-refractivity contribution < 1.29 is 12.8 Å². The highest BCUT2D eigenvalue weighted by Crippen LogP contribution is 2.20. The largest absolute Gasteiger partial charge is 0.350 e. The summed E-state index contributed by atoms with van der Waals surface area (Å²) < 4.78 is 42.5. The van der Waals surface area contributed by atoms with E-state index >= 15 is 0 Å². The zero-order valence-corrected chi connectivity index (χ0v) is 14.4. The van der Waals surface area contributed by atoms with E-state index in [0.29, 0.717) is 12.0 Å². The lowest BCUT2D eigenvalue weighted by Crippen LogP contribution is -2.26. The van der Waals surface area contributed by atoms with Crippen LogP contribution in [0.5, 0.6) is 0 Å². The molecule has 6 heteroatoms. The first-order valence-corrected chi connectivity index (χ1v) is 9.15. The fourth-order valence-corrected chi connectivity index (χ4v) is 3.93. The third-order valence-corrected chi connectivity index (χ3v) is 5.56. The van der Waals surface area contributed by atoms with Gasteiger partial charge in [-0.25, -0.2) is 17.5 Å². The number of nitrogens with one attached hydrogen (secondary N) is 1. The number of rotatable bonds is 5. The molecule has 3 aromatic rings. The van der Waals surface area contributed by atoms with E-state index in [1.54, 1.807) is 6.92 Å². The molecular weight excluding hydrogens is 327 g/mol. The number of nitrogens with zero attached hydrogens (tertiary/aromatic N) is 1. The SMILES string of the molecule is Cc1cc(S(=O)(=O)NCCc2cn(C)c3ccccc23)ccc1F. The Labute approximate surface area is 141 Å². The minimum Gasteiger partial charge on any atom is -0.350 e. The maximum absolute atomic E-state index is 13.3. The van der Waals surface area contributed by atoms with E-state index in [1.165, 1.54) is 18.2 Å². The van der Waals surface area contributed by atoms with Gasteiger partial charge in [0, 0.05) is 30.7 Å². The molecule has 0 saturated heterocycles. The Balaban J connectivity index is 1.74. The van der Waals surface area contributed by atoms with Crippen LogP contribution in [0.4, 0.5) is 4.39 Å². The second-order valence-corrected chi connectivity index (χ2v) is 7.61. The van der Waals surface area contributed by atoms with E-state index in [2.05, 4.69) is 4.72 Å². The first-order chi connectivity index (χ1) is 11.4. The molecule has 24 heavy (non-hydrogen) atoms. The maximum atomic E-state index is 13.3. The maximum Gasteiger partial charge on any atom is 0.240 e. The zero-order valence-electron chi connectivity index (χ0n) is 13.6. The van der Waals surface area contributed by atoms with Crippen molar-refractivity contribution in [2.24, 2.45) is 7.05 Å². The Kier molecular flexibility index (Phi) is 4.43. The van der Waals surface area contributed by atoms with Gasteiger partial charge in [0.2, 0.25) is 10.0 Å². The Hall–Kier alpha value is -2.18. The molecule has 0 radical (unpaired) electrons. The summed E-state index contributed by atoms with van der Waals surface area (Å²) in [4.78, 5) is 0.0827. The topological polar surface area (TPSA) is 51.1 Å². The number of aromatic nitrogens is 1. The predicted molar refractivity (Wildman–Crippen MR) is 92.9 cm³/mol. The molecule has 0 aliphatic heterocycles. The molecule has 0 amide bonds. The molecule has 0 fully saturated rings. The van der Waals surface area contributed by atoms with E-state index in [4.69, 9.17) is 0 Å². The molecule has 0 aliphatic carbocycles. The number of para-hydroxylation sites is 1. The lowest BCUT2D eigenvalue weighted by molar-refractivity contribution is 0.580. The molecule has 1 N–H and O–H groups in total. The van der Waals surface area contributed by atoms with Crippen molar-refractivity contribution in [3.63, 3.8) is 0 Å². The van der Waals surface area contributed by atoms with Gasteiger partial charge in [0.05, 0.1) is 4.90 Å². The van der Waals surface area contributed by atoms with Crippen LogP contribution in [0.1, 0.15) is 11.1 Å². The van der Waals surface area contributed by atoms with Gasteiger partial charge in [0.1, 0.15) is 5.82 Å². The second-order valence-electron chi connectivity index (χ2n) is 5.84. The van der Waals surface area contributed by atoms with Gasteiger partial charge in [-0.05, 0) is 48.7 Å². The number of hydrogen-bond acceptors (Lipinski definition) is 2. The standard InChI is InChI=1S/C18H19FN2O2S/c1-13-11-15(7-8-17(13)19)24(22,23)20-10-9-14-12-21(2)18-6-4-3-5-16(14)18/h3-8,11-12,20H,9-10H2,1-2H3. The fourth-order valence-electron chi connectivity index (χ4n) is 2.81. The van der Waals surface area contributed by atoms with Crippen LogP contribution in [0.3, 0.4) is 0 Å². The number of benzene rings is 2. The highest BCUT2D eigenvalue weighted by molar-refractivity contribution is 7.89. The molecule has 1 aromatic heterocycles. The summed E-state index contributed by atoms with van der Waals surface area (Å²) >= 11 is 0. The summed E-state index contributed by atoms with van der Waals surface area (Å²) in [7, 11) is -1.67. The van der Waals surface area contributed by atoms with Gasteiger partial charge >= 0.3 is 0 Å². The van der Waals surface area contributed by atoms with E-state index in [9.17, 15) is 12.8 Å². The first-order valence-electron chi connectivity index (χ1n) is 7.67. The van der Waals surface area contributed by atoms with Crippen LogP contribution >= 0.6 is 0 Å². The van der Waals surface area contributed by atoms with Gasteiger partial charge in [-0.2, -0.15) is 0 Å². The number of sulfonamides is 1. The second kappa shape index (κ2) is 6.37. The van der Waals surface area contributed by atoms with Crippen molar-refractivity contribution in [1.82, 2.24) is 9.29 Å². The Morgan fingerprint density at radius 3 is 2.67 bits per heavy atom. The highest BCUT2D eigenvalue weighted by Gasteiger charge is 2.15. The highest BCUT2D eigenvalue weighted by atomic mass is 32.2. The number of aryl methyl sites for hydroxylation is 2. The van der Waals surface area contributed by atoms with Crippen LogP contribution < -0.4 is 4.72 Å². The summed E-state index contributed by atoms with van der Waals surface area (Å²) in [5.74, 6) is -0.412. The molecule has 0 aliphatic rings. The van der Waals surface area contributed by atoms with Crippen LogP contribution in [-0.2, 0) is 23.5 Å². The van der Waals surface area contributed by atoms with E-state index in [-0.39, 0.29) is 11.4 Å². The average Bonchev–Trinajstić information content (AvgIpc) is 2.87. The lowest BCUT2D eigenvalue weighted by atomic mass is 10.1. The summed E-state index contributed by atoms with van der Waals surface area (Å²) in [6, 6.07) is 11.8. The predicted octanol–water partition coefficient (Wildman–Crippen LogP) is 3.15. The minimum absolute atomic E-state index is 0.0827. The van der Waals surface area contributed by atoms with Crippen molar-refractivity contribution in [2.45, 2.75) is 18.2 Å². The smallest absolute Gasteiger partial charge is 0.240 e. The third kappa shape index (κ3) is 3.20. The van der Waals surface area contributed by atoms with Gasteiger partial charge in [-0.3, -0.25) is 0 Å². The molecule has 2 aromatic carbocycles. The number of halogens is 1. The monoisotopic (exact) mass is 346 g/mol. The molecule has 0 bridgehead atoms. The Morgan fingerprint density at radius 1 is 1.17 bits per heavy atom.